The molecular weight excluding hydrogens is 352 g/mol. The Kier molecular flexibility index (Phi) is 7.45. The van der Waals surface area contributed by atoms with Crippen molar-refractivity contribution >= 4 is 23.5 Å². The number of anilines is 1. The number of rotatable bonds is 7. The van der Waals surface area contributed by atoms with E-state index < -0.39 is 18.0 Å². The Hall–Kier alpha value is -2.77. The first kappa shape index (κ1) is 20.5. The number of nitrogens with one attached hydrogen (secondary N) is 1. The van der Waals surface area contributed by atoms with E-state index in [1.54, 1.807) is 18.2 Å². The zero-order chi connectivity index (χ0) is 19.8. The van der Waals surface area contributed by atoms with Gasteiger partial charge in [0.1, 0.15) is 6.54 Å². The van der Waals surface area contributed by atoms with Gasteiger partial charge in [0, 0.05) is 24.7 Å². The Morgan fingerprint density at radius 1 is 1.15 bits per heavy atom. The number of nitrogens with zero attached hydrogens (tertiary/aromatic N) is 1. The maximum atomic E-state index is 12.3. The molecule has 0 unspecified atom stereocenters. The fourth-order valence-corrected chi connectivity index (χ4v) is 2.81. The molecule has 0 saturated carbocycles. The van der Waals surface area contributed by atoms with Crippen molar-refractivity contribution < 1.29 is 28.6 Å². The van der Waals surface area contributed by atoms with Crippen LogP contribution >= 0.6 is 0 Å². The van der Waals surface area contributed by atoms with Gasteiger partial charge in [0.15, 0.2) is 17.6 Å². The molecule has 0 bridgehead atoms. The van der Waals surface area contributed by atoms with Gasteiger partial charge in [-0.1, -0.05) is 6.42 Å². The van der Waals surface area contributed by atoms with Gasteiger partial charge in [0.05, 0.1) is 14.2 Å². The maximum Gasteiger partial charge on any atom is 0.326 e. The molecule has 1 aliphatic rings. The van der Waals surface area contributed by atoms with Crippen molar-refractivity contribution in [3.63, 3.8) is 0 Å². The third kappa shape index (κ3) is 5.87. The zero-order valence-corrected chi connectivity index (χ0v) is 15.9. The Labute approximate surface area is 158 Å². The molecule has 0 aliphatic carbocycles. The van der Waals surface area contributed by atoms with Gasteiger partial charge in [-0.25, -0.2) is 0 Å². The van der Waals surface area contributed by atoms with E-state index >= 15 is 0 Å². The average molecular weight is 378 g/mol. The molecule has 1 aromatic rings. The van der Waals surface area contributed by atoms with Crippen LogP contribution in [0.25, 0.3) is 0 Å². The SMILES string of the molecule is COc1ccc(NC(=O)[C@H](C)OC(=O)CN2CCCCCC2=O)cc1OC. The first-order valence-corrected chi connectivity index (χ1v) is 8.94. The lowest BCUT2D eigenvalue weighted by molar-refractivity contribution is -0.156. The van der Waals surface area contributed by atoms with Crippen LogP contribution in [0.4, 0.5) is 5.69 Å². The summed E-state index contributed by atoms with van der Waals surface area (Å²) in [7, 11) is 3.02. The van der Waals surface area contributed by atoms with Gasteiger partial charge in [0.25, 0.3) is 5.91 Å². The molecule has 2 rings (SSSR count). The quantitative estimate of drug-likeness (QED) is 0.729. The van der Waals surface area contributed by atoms with Crippen LogP contribution < -0.4 is 14.8 Å². The van der Waals surface area contributed by atoms with Crippen molar-refractivity contribution in [2.24, 2.45) is 0 Å². The Bertz CT molecular complexity index is 691. The molecule has 1 atom stereocenters. The summed E-state index contributed by atoms with van der Waals surface area (Å²) in [4.78, 5) is 37.8. The first-order chi connectivity index (χ1) is 12.9. The molecule has 1 aliphatic heterocycles. The van der Waals surface area contributed by atoms with E-state index in [4.69, 9.17) is 14.2 Å². The van der Waals surface area contributed by atoms with Gasteiger partial charge < -0.3 is 24.4 Å². The number of esters is 1. The number of carbonyl (C=O) groups excluding carboxylic acids is 3. The maximum absolute atomic E-state index is 12.3. The van der Waals surface area contributed by atoms with Gasteiger partial charge in [-0.2, -0.15) is 0 Å². The van der Waals surface area contributed by atoms with E-state index in [1.807, 2.05) is 0 Å². The van der Waals surface area contributed by atoms with Crippen molar-refractivity contribution in [1.29, 1.82) is 0 Å². The first-order valence-electron chi connectivity index (χ1n) is 8.94. The van der Waals surface area contributed by atoms with E-state index in [1.165, 1.54) is 26.0 Å². The topological polar surface area (TPSA) is 94.2 Å². The molecule has 148 valence electrons. The highest BCUT2D eigenvalue weighted by Gasteiger charge is 2.23. The predicted octanol–water partition coefficient (Wildman–Crippen LogP) is 1.98. The van der Waals surface area contributed by atoms with Gasteiger partial charge in [-0.15, -0.1) is 0 Å². The summed E-state index contributed by atoms with van der Waals surface area (Å²) in [5, 5.41) is 2.66. The van der Waals surface area contributed by atoms with E-state index in [0.29, 0.717) is 30.2 Å². The fourth-order valence-electron chi connectivity index (χ4n) is 2.81. The number of ether oxygens (including phenoxy) is 3. The summed E-state index contributed by atoms with van der Waals surface area (Å²) < 4.78 is 15.5. The second-order valence-corrected chi connectivity index (χ2v) is 6.32. The second-order valence-electron chi connectivity index (χ2n) is 6.32. The molecule has 2 amide bonds. The molecule has 1 aromatic carbocycles. The molecule has 1 heterocycles. The summed E-state index contributed by atoms with van der Waals surface area (Å²) in [6.45, 7) is 1.89. The Morgan fingerprint density at radius 2 is 1.89 bits per heavy atom. The van der Waals surface area contributed by atoms with Gasteiger partial charge in [-0.3, -0.25) is 14.4 Å². The lowest BCUT2D eigenvalue weighted by Gasteiger charge is -2.21. The highest BCUT2D eigenvalue weighted by atomic mass is 16.5. The lowest BCUT2D eigenvalue weighted by atomic mass is 10.2. The molecule has 0 spiro atoms. The molecule has 8 nitrogen and oxygen atoms in total. The molecule has 1 N–H and O–H groups in total. The molecule has 1 saturated heterocycles. The molecule has 8 heteroatoms. The minimum Gasteiger partial charge on any atom is -0.493 e. The molecule has 0 radical (unpaired) electrons. The minimum absolute atomic E-state index is 0.0492. The fraction of sp³-hybridized carbons (Fsp3) is 0.526. The van der Waals surface area contributed by atoms with Crippen molar-refractivity contribution in [2.45, 2.75) is 38.7 Å². The number of methoxy groups -OCH3 is 2. The van der Waals surface area contributed by atoms with Gasteiger partial charge >= 0.3 is 5.97 Å². The highest BCUT2D eigenvalue weighted by molar-refractivity contribution is 5.95. The van der Waals surface area contributed by atoms with Crippen molar-refractivity contribution in [3.05, 3.63) is 18.2 Å². The van der Waals surface area contributed by atoms with Crippen LogP contribution in [0.3, 0.4) is 0 Å². The number of benzene rings is 1. The van der Waals surface area contributed by atoms with Crippen LogP contribution in [0.2, 0.25) is 0 Å². The van der Waals surface area contributed by atoms with E-state index in [0.717, 1.165) is 19.3 Å². The number of likely N-dealkylation sites (tertiary alicyclic amines) is 1. The number of carbonyl (C=O) groups is 3. The lowest BCUT2D eigenvalue weighted by Crippen LogP contribution is -2.38. The highest BCUT2D eigenvalue weighted by Crippen LogP contribution is 2.29. The number of amides is 2. The normalized spacial score (nSPS) is 15.5. The van der Waals surface area contributed by atoms with Crippen molar-refractivity contribution in [1.82, 2.24) is 4.90 Å². The van der Waals surface area contributed by atoms with E-state index in [-0.39, 0.29) is 12.5 Å². The molecule has 0 aromatic heterocycles. The van der Waals surface area contributed by atoms with Crippen LogP contribution in [-0.4, -0.2) is 56.1 Å². The zero-order valence-electron chi connectivity index (χ0n) is 15.9. The summed E-state index contributed by atoms with van der Waals surface area (Å²) >= 11 is 0. The van der Waals surface area contributed by atoms with E-state index in [2.05, 4.69) is 5.32 Å². The predicted molar refractivity (Wildman–Crippen MR) is 98.8 cm³/mol. The average Bonchev–Trinajstić information content (AvgIpc) is 2.85. The van der Waals surface area contributed by atoms with Gasteiger partial charge in [0.2, 0.25) is 5.91 Å². The van der Waals surface area contributed by atoms with E-state index in [9.17, 15) is 14.4 Å². The van der Waals surface area contributed by atoms with Crippen molar-refractivity contribution in [2.75, 3.05) is 32.6 Å². The molecule has 1 fully saturated rings. The third-order valence-corrected chi connectivity index (χ3v) is 4.32. The Balaban J connectivity index is 1.89. The second kappa shape index (κ2) is 9.80. The largest absolute Gasteiger partial charge is 0.493 e. The van der Waals surface area contributed by atoms with Crippen molar-refractivity contribution in [3.8, 4) is 11.5 Å². The summed E-state index contributed by atoms with van der Waals surface area (Å²) in [5.41, 5.74) is 0.489. The van der Waals surface area contributed by atoms with Crippen LogP contribution in [0.15, 0.2) is 18.2 Å². The van der Waals surface area contributed by atoms with Crippen LogP contribution in [-0.2, 0) is 19.1 Å². The standard InChI is InChI=1S/C19H26N2O6/c1-13(27-18(23)12-21-10-6-4-5-7-17(21)22)19(24)20-14-8-9-15(25-2)16(11-14)26-3/h8-9,11,13H,4-7,10,12H2,1-3H3,(H,20,24)/t13-/m0/s1. The monoisotopic (exact) mass is 378 g/mol. The van der Waals surface area contributed by atoms with Crippen LogP contribution in [0, 0.1) is 0 Å². The summed E-state index contributed by atoms with van der Waals surface area (Å²) in [6, 6.07) is 4.93. The number of hydrogen-bond acceptors (Lipinski definition) is 6. The Morgan fingerprint density at radius 3 is 2.59 bits per heavy atom. The third-order valence-electron chi connectivity index (χ3n) is 4.32. The van der Waals surface area contributed by atoms with Crippen LogP contribution in [0.5, 0.6) is 11.5 Å². The van der Waals surface area contributed by atoms with Gasteiger partial charge in [-0.05, 0) is 31.9 Å². The summed E-state index contributed by atoms with van der Waals surface area (Å²) in [6.07, 6.45) is 2.14. The van der Waals surface area contributed by atoms with Crippen LogP contribution in [0.1, 0.15) is 32.6 Å². The molecule has 27 heavy (non-hydrogen) atoms. The summed E-state index contributed by atoms with van der Waals surface area (Å²) in [5.74, 6) is -0.110. The smallest absolute Gasteiger partial charge is 0.326 e. The minimum atomic E-state index is -0.993. The molecular formula is C19H26N2O6. The number of hydrogen-bond donors (Lipinski definition) is 1.